The van der Waals surface area contributed by atoms with Crippen LogP contribution in [0.2, 0.25) is 0 Å². The summed E-state index contributed by atoms with van der Waals surface area (Å²) < 4.78 is 5.14. The zero-order valence-corrected chi connectivity index (χ0v) is 27.2. The number of hydrogen-bond acceptors (Lipinski definition) is 2. The Morgan fingerprint density at radius 1 is 0.542 bits per heavy atom. The summed E-state index contributed by atoms with van der Waals surface area (Å²) in [5.41, 5.74) is 11.4. The van der Waals surface area contributed by atoms with Crippen molar-refractivity contribution < 1.29 is 0 Å². The number of aliphatic imine (C=N–C) groups is 1. The predicted molar refractivity (Wildman–Crippen MR) is 205 cm³/mol. The number of hydrogen-bond donors (Lipinski definition) is 0. The molecule has 0 radical (unpaired) electrons. The van der Waals surface area contributed by atoms with Crippen LogP contribution in [-0.2, 0) is 5.41 Å². The van der Waals surface area contributed by atoms with E-state index in [9.17, 15) is 0 Å². The molecule has 2 nitrogen and oxygen atoms in total. The monoisotopic (exact) mass is 630 g/mol. The molecule has 1 aliphatic rings. The lowest BCUT2D eigenvalue weighted by atomic mass is 9.71. The zero-order valence-electron chi connectivity index (χ0n) is 26.4. The van der Waals surface area contributed by atoms with Gasteiger partial charge in [-0.25, -0.2) is 0 Å². The fourth-order valence-electron chi connectivity index (χ4n) is 8.02. The minimum absolute atomic E-state index is 0.458. The van der Waals surface area contributed by atoms with E-state index in [4.69, 9.17) is 4.99 Å². The van der Waals surface area contributed by atoms with Crippen LogP contribution < -0.4 is 0 Å². The SMILES string of the molecule is CC1(c2ccccc2)C(c2ccccc2)=Nc2ccc3c4ccccc4n(-c4ccc(-c5cccc6c5sc5ccccc56)cc4)c3c21. The minimum Gasteiger partial charge on any atom is -0.309 e. The van der Waals surface area contributed by atoms with Gasteiger partial charge in [0.15, 0.2) is 0 Å². The summed E-state index contributed by atoms with van der Waals surface area (Å²) >= 11 is 1.88. The van der Waals surface area contributed by atoms with Crippen LogP contribution >= 0.6 is 11.3 Å². The van der Waals surface area contributed by atoms with E-state index in [1.807, 2.05) is 11.3 Å². The standard InChI is InChI=1S/C45H30N2S/c1-45(31-15-6-3-7-16-31)41-38(46-44(45)30-13-4-2-5-14-30)28-27-36-34-17-8-10-21-39(34)47(42(36)41)32-25-23-29(24-26-32)33-19-12-20-37-35-18-9-11-22-40(35)48-43(33)37/h2-28H,1H3. The Hall–Kier alpha value is -5.77. The van der Waals surface area contributed by atoms with Crippen molar-refractivity contribution >= 4 is 64.7 Å². The average molecular weight is 631 g/mol. The molecule has 7 aromatic carbocycles. The second-order valence-electron chi connectivity index (χ2n) is 12.9. The summed E-state index contributed by atoms with van der Waals surface area (Å²) in [6, 6.07) is 59.5. The fourth-order valence-corrected chi connectivity index (χ4v) is 9.26. The van der Waals surface area contributed by atoms with Gasteiger partial charge in [-0.3, -0.25) is 4.99 Å². The molecule has 0 N–H and O–H groups in total. The van der Waals surface area contributed by atoms with Crippen LogP contribution in [0.15, 0.2) is 169 Å². The summed E-state index contributed by atoms with van der Waals surface area (Å²) in [4.78, 5) is 5.41. The van der Waals surface area contributed by atoms with E-state index in [0.29, 0.717) is 0 Å². The first-order valence-electron chi connectivity index (χ1n) is 16.5. The Kier molecular flexibility index (Phi) is 5.91. The van der Waals surface area contributed by atoms with E-state index in [-0.39, 0.29) is 0 Å². The molecule has 3 heterocycles. The van der Waals surface area contributed by atoms with Crippen LogP contribution in [0.25, 0.3) is 58.8 Å². The number of fused-ring (bicyclic) bond motifs is 8. The number of rotatable bonds is 4. The number of para-hydroxylation sites is 1. The number of aromatic nitrogens is 1. The molecule has 0 aliphatic carbocycles. The Morgan fingerprint density at radius 3 is 2.04 bits per heavy atom. The molecular formula is C45H30N2S. The maximum atomic E-state index is 5.41. The first-order valence-corrected chi connectivity index (χ1v) is 17.3. The predicted octanol–water partition coefficient (Wildman–Crippen LogP) is 12.3. The molecule has 0 saturated carbocycles. The molecule has 9 aromatic rings. The van der Waals surface area contributed by atoms with Gasteiger partial charge in [-0.1, -0.05) is 133 Å². The molecule has 0 fully saturated rings. The first kappa shape index (κ1) is 27.4. The van der Waals surface area contributed by atoms with E-state index < -0.39 is 5.41 Å². The van der Waals surface area contributed by atoms with Gasteiger partial charge in [0.25, 0.3) is 0 Å². The van der Waals surface area contributed by atoms with E-state index in [0.717, 1.165) is 22.6 Å². The smallest absolute Gasteiger partial charge is 0.0700 e. The van der Waals surface area contributed by atoms with Crippen molar-refractivity contribution in [2.45, 2.75) is 12.3 Å². The van der Waals surface area contributed by atoms with Gasteiger partial charge >= 0.3 is 0 Å². The Labute approximate surface area is 282 Å². The Morgan fingerprint density at radius 2 is 1.23 bits per heavy atom. The van der Waals surface area contributed by atoms with Crippen molar-refractivity contribution in [1.82, 2.24) is 4.57 Å². The maximum Gasteiger partial charge on any atom is 0.0700 e. The van der Waals surface area contributed by atoms with Gasteiger partial charge in [0, 0.05) is 42.2 Å². The Bertz CT molecular complexity index is 2720. The highest BCUT2D eigenvalue weighted by atomic mass is 32.1. The van der Waals surface area contributed by atoms with Crippen molar-refractivity contribution in [3.05, 3.63) is 180 Å². The van der Waals surface area contributed by atoms with Crippen LogP contribution in [0.1, 0.15) is 23.6 Å². The van der Waals surface area contributed by atoms with E-state index in [1.165, 1.54) is 64.2 Å². The third kappa shape index (κ3) is 3.82. The molecule has 0 bridgehead atoms. The van der Waals surface area contributed by atoms with Crippen molar-refractivity contribution in [3.8, 4) is 16.8 Å². The van der Waals surface area contributed by atoms with Gasteiger partial charge in [-0.05, 0) is 59.5 Å². The largest absolute Gasteiger partial charge is 0.309 e. The third-order valence-electron chi connectivity index (χ3n) is 10.3. The lowest BCUT2D eigenvalue weighted by Crippen LogP contribution is -2.32. The fraction of sp³-hybridized carbons (Fsp3) is 0.0444. The molecule has 0 amide bonds. The van der Waals surface area contributed by atoms with Crippen LogP contribution in [0, 0.1) is 0 Å². The molecule has 10 rings (SSSR count). The molecule has 0 saturated heterocycles. The zero-order chi connectivity index (χ0) is 31.8. The molecular weight excluding hydrogens is 601 g/mol. The molecule has 3 heteroatoms. The molecule has 1 unspecified atom stereocenters. The van der Waals surface area contributed by atoms with Crippen molar-refractivity contribution in [3.63, 3.8) is 0 Å². The quantitative estimate of drug-likeness (QED) is 0.184. The second kappa shape index (κ2) is 10.4. The van der Waals surface area contributed by atoms with Crippen LogP contribution in [-0.4, -0.2) is 10.3 Å². The van der Waals surface area contributed by atoms with Crippen LogP contribution in [0.5, 0.6) is 0 Å². The number of thiophene rings is 1. The van der Waals surface area contributed by atoms with Crippen molar-refractivity contribution in [2.24, 2.45) is 4.99 Å². The van der Waals surface area contributed by atoms with Crippen molar-refractivity contribution in [2.75, 3.05) is 0 Å². The van der Waals surface area contributed by atoms with Gasteiger partial charge in [0.2, 0.25) is 0 Å². The lowest BCUT2D eigenvalue weighted by Gasteiger charge is -2.30. The molecule has 0 spiro atoms. The highest BCUT2D eigenvalue weighted by Crippen LogP contribution is 2.51. The maximum absolute atomic E-state index is 5.41. The van der Waals surface area contributed by atoms with Crippen LogP contribution in [0.4, 0.5) is 5.69 Å². The normalized spacial score (nSPS) is 15.8. The highest BCUT2D eigenvalue weighted by molar-refractivity contribution is 7.26. The number of nitrogens with zero attached hydrogens (tertiary/aromatic N) is 2. The van der Waals surface area contributed by atoms with Gasteiger partial charge in [0.05, 0.1) is 27.8 Å². The van der Waals surface area contributed by atoms with Gasteiger partial charge in [-0.2, -0.15) is 0 Å². The molecule has 48 heavy (non-hydrogen) atoms. The lowest BCUT2D eigenvalue weighted by molar-refractivity contribution is 0.797. The molecule has 1 aliphatic heterocycles. The Balaban J connectivity index is 1.22. The highest BCUT2D eigenvalue weighted by Gasteiger charge is 2.44. The van der Waals surface area contributed by atoms with E-state index in [2.05, 4.69) is 175 Å². The summed E-state index contributed by atoms with van der Waals surface area (Å²) in [7, 11) is 0. The van der Waals surface area contributed by atoms with Crippen molar-refractivity contribution in [1.29, 1.82) is 0 Å². The second-order valence-corrected chi connectivity index (χ2v) is 13.9. The van der Waals surface area contributed by atoms with Gasteiger partial charge in [0.1, 0.15) is 0 Å². The van der Waals surface area contributed by atoms with Gasteiger partial charge in [-0.15, -0.1) is 11.3 Å². The topological polar surface area (TPSA) is 17.3 Å². The average Bonchev–Trinajstić information content (AvgIpc) is 3.80. The molecule has 226 valence electrons. The molecule has 1 atom stereocenters. The summed E-state index contributed by atoms with van der Waals surface area (Å²) in [5.74, 6) is 0. The van der Waals surface area contributed by atoms with E-state index >= 15 is 0 Å². The molecule has 2 aromatic heterocycles. The first-order chi connectivity index (χ1) is 23.7. The minimum atomic E-state index is -0.458. The van der Waals surface area contributed by atoms with Crippen LogP contribution in [0.3, 0.4) is 0 Å². The third-order valence-corrected chi connectivity index (χ3v) is 11.5. The number of benzene rings is 7. The summed E-state index contributed by atoms with van der Waals surface area (Å²) in [6.45, 7) is 2.36. The van der Waals surface area contributed by atoms with E-state index in [1.54, 1.807) is 0 Å². The van der Waals surface area contributed by atoms with Gasteiger partial charge < -0.3 is 4.57 Å². The summed E-state index contributed by atoms with van der Waals surface area (Å²) in [5, 5.41) is 5.14. The summed E-state index contributed by atoms with van der Waals surface area (Å²) in [6.07, 6.45) is 0.